The summed E-state index contributed by atoms with van der Waals surface area (Å²) in [6.45, 7) is 0. The van der Waals surface area contributed by atoms with Crippen molar-refractivity contribution in [2.24, 2.45) is 0 Å². The van der Waals surface area contributed by atoms with Crippen LogP contribution in [0.3, 0.4) is 0 Å². The molecule has 1 aliphatic heterocycles. The first-order valence-corrected chi connectivity index (χ1v) is 9.87. The van der Waals surface area contributed by atoms with E-state index in [4.69, 9.17) is 16.3 Å². The van der Waals surface area contributed by atoms with Crippen LogP contribution in [-0.2, 0) is 4.79 Å². The standard InChI is InChI=1S/C21H15ClFNO4S/c1-28-12-5-2-10(3-6-12)17-18-19(29-20(17)21(26)27)14(9-16(25)24-18)13-7-4-11(23)8-15(13)22/h2-8,14H,9H2,1H3,(H,24,25)(H,26,27)/t14-/m0/s1. The molecule has 3 aromatic rings. The fourth-order valence-corrected chi connectivity index (χ4v) is 5.04. The van der Waals surface area contributed by atoms with Crippen molar-refractivity contribution in [3.63, 3.8) is 0 Å². The van der Waals surface area contributed by atoms with Gasteiger partial charge in [0.25, 0.3) is 0 Å². The third kappa shape index (κ3) is 3.47. The Bertz CT molecular complexity index is 1130. The summed E-state index contributed by atoms with van der Waals surface area (Å²) in [5.41, 5.74) is 2.13. The molecule has 0 saturated carbocycles. The average Bonchev–Trinajstić information content (AvgIpc) is 3.07. The number of methoxy groups -OCH3 is 1. The van der Waals surface area contributed by atoms with Gasteiger partial charge in [0, 0.05) is 27.8 Å². The van der Waals surface area contributed by atoms with E-state index in [1.807, 2.05) is 0 Å². The number of carboxylic acids is 1. The van der Waals surface area contributed by atoms with E-state index in [0.717, 1.165) is 11.3 Å². The number of halogens is 2. The molecule has 1 atom stereocenters. The van der Waals surface area contributed by atoms with Gasteiger partial charge >= 0.3 is 5.97 Å². The van der Waals surface area contributed by atoms with Crippen LogP contribution < -0.4 is 10.1 Å². The number of carbonyl (C=O) groups is 2. The summed E-state index contributed by atoms with van der Waals surface area (Å²) in [7, 11) is 1.54. The third-order valence-electron chi connectivity index (χ3n) is 4.82. The zero-order valence-corrected chi connectivity index (χ0v) is 16.7. The Balaban J connectivity index is 1.92. The molecule has 5 nitrogen and oxygen atoms in total. The number of hydrogen-bond donors (Lipinski definition) is 2. The molecule has 2 N–H and O–H groups in total. The minimum absolute atomic E-state index is 0.0972. The Labute approximate surface area is 174 Å². The molecule has 1 amide bonds. The SMILES string of the molecule is COc1ccc(-c2c(C(=O)O)sc3c2NC(=O)C[C@H]3c2ccc(F)cc2Cl)cc1. The molecule has 0 unspecified atom stereocenters. The first-order chi connectivity index (χ1) is 13.9. The van der Waals surface area contributed by atoms with Crippen molar-refractivity contribution in [3.05, 3.63) is 68.6 Å². The maximum Gasteiger partial charge on any atom is 0.346 e. The van der Waals surface area contributed by atoms with E-state index in [9.17, 15) is 19.1 Å². The average molecular weight is 432 g/mol. The minimum Gasteiger partial charge on any atom is -0.497 e. The van der Waals surface area contributed by atoms with Crippen molar-refractivity contribution in [1.82, 2.24) is 0 Å². The molecule has 0 spiro atoms. The summed E-state index contributed by atoms with van der Waals surface area (Å²) in [5.74, 6) is -1.65. The van der Waals surface area contributed by atoms with Gasteiger partial charge in [-0.25, -0.2) is 9.18 Å². The molecule has 0 radical (unpaired) electrons. The predicted molar refractivity (Wildman–Crippen MR) is 110 cm³/mol. The van der Waals surface area contributed by atoms with Crippen molar-refractivity contribution in [2.45, 2.75) is 12.3 Å². The zero-order valence-electron chi connectivity index (χ0n) is 15.2. The number of carboxylic acid groups (broad SMARTS) is 1. The van der Waals surface area contributed by atoms with Crippen molar-refractivity contribution in [1.29, 1.82) is 0 Å². The smallest absolute Gasteiger partial charge is 0.346 e. The number of rotatable bonds is 4. The number of ether oxygens (including phenoxy) is 1. The van der Waals surface area contributed by atoms with E-state index >= 15 is 0 Å². The molecule has 2 heterocycles. The van der Waals surface area contributed by atoms with E-state index in [0.29, 0.717) is 33.0 Å². The number of anilines is 1. The summed E-state index contributed by atoms with van der Waals surface area (Å²) in [6, 6.07) is 11.0. The van der Waals surface area contributed by atoms with Gasteiger partial charge in [-0.1, -0.05) is 29.8 Å². The number of amides is 1. The van der Waals surface area contributed by atoms with Crippen LogP contribution in [0.5, 0.6) is 5.75 Å². The second kappa shape index (κ2) is 7.50. The summed E-state index contributed by atoms with van der Waals surface area (Å²) >= 11 is 7.33. The molecule has 1 aromatic heterocycles. The normalized spacial score (nSPS) is 15.6. The van der Waals surface area contributed by atoms with E-state index < -0.39 is 17.7 Å². The lowest BCUT2D eigenvalue weighted by Crippen LogP contribution is -2.22. The molecule has 0 bridgehead atoms. The van der Waals surface area contributed by atoms with Crippen LogP contribution in [-0.4, -0.2) is 24.1 Å². The summed E-state index contributed by atoms with van der Waals surface area (Å²) in [5, 5.41) is 12.8. The largest absolute Gasteiger partial charge is 0.497 e. The summed E-state index contributed by atoms with van der Waals surface area (Å²) in [6.07, 6.45) is 0.0972. The van der Waals surface area contributed by atoms with Gasteiger partial charge in [0.1, 0.15) is 16.4 Å². The number of carbonyl (C=O) groups excluding carboxylic acids is 1. The Morgan fingerprint density at radius 1 is 1.28 bits per heavy atom. The van der Waals surface area contributed by atoms with Crippen molar-refractivity contribution >= 4 is 40.5 Å². The fraction of sp³-hybridized carbons (Fsp3) is 0.143. The van der Waals surface area contributed by atoms with Gasteiger partial charge in [-0.05, 0) is 35.4 Å². The maximum atomic E-state index is 13.5. The molecule has 29 heavy (non-hydrogen) atoms. The minimum atomic E-state index is -1.09. The summed E-state index contributed by atoms with van der Waals surface area (Å²) in [4.78, 5) is 25.2. The van der Waals surface area contributed by atoms with Crippen molar-refractivity contribution in [3.8, 4) is 16.9 Å². The molecule has 8 heteroatoms. The topological polar surface area (TPSA) is 75.6 Å². The first kappa shape index (κ1) is 19.4. The van der Waals surface area contributed by atoms with E-state index in [2.05, 4.69) is 5.32 Å². The molecule has 0 fully saturated rings. The van der Waals surface area contributed by atoms with Crippen LogP contribution in [0.4, 0.5) is 10.1 Å². The number of thiophene rings is 1. The lowest BCUT2D eigenvalue weighted by atomic mass is 9.88. The monoisotopic (exact) mass is 431 g/mol. The van der Waals surface area contributed by atoms with E-state index in [-0.39, 0.29) is 22.2 Å². The Kier molecular flexibility index (Phi) is 5.02. The van der Waals surface area contributed by atoms with E-state index in [1.54, 1.807) is 31.4 Å². The first-order valence-electron chi connectivity index (χ1n) is 8.68. The van der Waals surface area contributed by atoms with Crippen molar-refractivity contribution in [2.75, 3.05) is 12.4 Å². The van der Waals surface area contributed by atoms with Gasteiger partial charge in [-0.3, -0.25) is 4.79 Å². The van der Waals surface area contributed by atoms with Crippen LogP contribution in [0.15, 0.2) is 42.5 Å². The quantitative estimate of drug-likeness (QED) is 0.580. The highest BCUT2D eigenvalue weighted by Crippen LogP contribution is 2.50. The second-order valence-corrected chi connectivity index (χ2v) is 8.01. The molecule has 2 aromatic carbocycles. The zero-order chi connectivity index (χ0) is 20.7. The van der Waals surface area contributed by atoms with Gasteiger partial charge in [0.2, 0.25) is 5.91 Å². The molecule has 148 valence electrons. The van der Waals surface area contributed by atoms with Gasteiger partial charge in [0.05, 0.1) is 12.8 Å². The second-order valence-electron chi connectivity index (χ2n) is 6.55. The lowest BCUT2D eigenvalue weighted by Gasteiger charge is -2.24. The lowest BCUT2D eigenvalue weighted by molar-refractivity contribution is -0.116. The maximum absolute atomic E-state index is 13.5. The van der Waals surface area contributed by atoms with E-state index in [1.165, 1.54) is 18.2 Å². The highest BCUT2D eigenvalue weighted by atomic mass is 35.5. The van der Waals surface area contributed by atoms with Gasteiger partial charge in [-0.2, -0.15) is 0 Å². The molecule has 0 aliphatic carbocycles. The Morgan fingerprint density at radius 2 is 2.00 bits per heavy atom. The highest BCUT2D eigenvalue weighted by molar-refractivity contribution is 7.15. The van der Waals surface area contributed by atoms with Gasteiger partial charge in [-0.15, -0.1) is 11.3 Å². The molecular formula is C21H15ClFNO4S. The molecular weight excluding hydrogens is 417 g/mol. The molecule has 1 aliphatic rings. The Morgan fingerprint density at radius 3 is 2.62 bits per heavy atom. The van der Waals surface area contributed by atoms with Gasteiger partial charge in [0.15, 0.2) is 0 Å². The van der Waals surface area contributed by atoms with Crippen LogP contribution in [0.2, 0.25) is 5.02 Å². The number of fused-ring (bicyclic) bond motifs is 1. The molecule has 0 saturated heterocycles. The number of aromatic carboxylic acids is 1. The molecule has 4 rings (SSSR count). The Hall–Kier alpha value is -2.90. The van der Waals surface area contributed by atoms with Crippen LogP contribution in [0.25, 0.3) is 11.1 Å². The number of benzene rings is 2. The van der Waals surface area contributed by atoms with Crippen molar-refractivity contribution < 1.29 is 23.8 Å². The van der Waals surface area contributed by atoms with Crippen LogP contribution in [0, 0.1) is 5.82 Å². The predicted octanol–water partition coefficient (Wildman–Crippen LogP) is 5.39. The fourth-order valence-electron chi connectivity index (χ4n) is 3.51. The summed E-state index contributed by atoms with van der Waals surface area (Å²) < 4.78 is 18.7. The third-order valence-corrected chi connectivity index (χ3v) is 6.44. The highest BCUT2D eigenvalue weighted by Gasteiger charge is 2.35. The number of hydrogen-bond acceptors (Lipinski definition) is 4. The van der Waals surface area contributed by atoms with Crippen LogP contribution >= 0.6 is 22.9 Å². The number of nitrogens with one attached hydrogen (secondary N) is 1. The van der Waals surface area contributed by atoms with Gasteiger partial charge < -0.3 is 15.2 Å². The van der Waals surface area contributed by atoms with Crippen LogP contribution in [0.1, 0.15) is 32.5 Å².